The van der Waals surface area contributed by atoms with E-state index in [-0.39, 0.29) is 5.69 Å². The summed E-state index contributed by atoms with van der Waals surface area (Å²) in [5, 5.41) is 1.97. The minimum Gasteiger partial charge on any atom is -0.376 e. The van der Waals surface area contributed by atoms with E-state index in [0.717, 1.165) is 24.3 Å². The van der Waals surface area contributed by atoms with E-state index < -0.39 is 30.2 Å². The number of rotatable bonds is 3. The average molecular weight is 271 g/mol. The second-order valence-electron chi connectivity index (χ2n) is 3.37. The van der Waals surface area contributed by atoms with Crippen molar-refractivity contribution < 1.29 is 31.1 Å². The molecule has 0 radical (unpaired) electrons. The zero-order valence-electron chi connectivity index (χ0n) is 8.69. The molecule has 0 unspecified atom stereocenters. The molecule has 1 N–H and O–H groups in total. The fourth-order valence-corrected chi connectivity index (χ4v) is 1.11. The van der Waals surface area contributed by atoms with E-state index in [1.165, 1.54) is 0 Å². The van der Waals surface area contributed by atoms with Gasteiger partial charge < -0.3 is 5.32 Å². The van der Waals surface area contributed by atoms with E-state index in [9.17, 15) is 31.1 Å². The minimum atomic E-state index is -5.00. The van der Waals surface area contributed by atoms with E-state index in [4.69, 9.17) is 0 Å². The molecule has 0 saturated carbocycles. The summed E-state index contributed by atoms with van der Waals surface area (Å²) >= 11 is 0. The van der Waals surface area contributed by atoms with Crippen LogP contribution in [0.2, 0.25) is 0 Å². The molecule has 18 heavy (non-hydrogen) atoms. The van der Waals surface area contributed by atoms with Crippen LogP contribution in [0.15, 0.2) is 24.3 Å². The molecule has 0 bridgehead atoms. The number of carbonyl (C=O) groups excluding carboxylic acids is 1. The Kier molecular flexibility index (Phi) is 3.88. The molecule has 0 amide bonds. The van der Waals surface area contributed by atoms with Gasteiger partial charge in [0.05, 0.1) is 0 Å². The quantitative estimate of drug-likeness (QED) is 0.674. The third-order valence-electron chi connectivity index (χ3n) is 1.90. The van der Waals surface area contributed by atoms with Gasteiger partial charge in [0.15, 0.2) is 0 Å². The van der Waals surface area contributed by atoms with Crippen LogP contribution in [0.25, 0.3) is 0 Å². The fourth-order valence-electron chi connectivity index (χ4n) is 1.11. The van der Waals surface area contributed by atoms with Crippen molar-refractivity contribution in [3.05, 3.63) is 29.8 Å². The van der Waals surface area contributed by atoms with Crippen molar-refractivity contribution in [3.8, 4) is 0 Å². The smallest absolute Gasteiger partial charge is 0.376 e. The molecule has 1 aromatic rings. The third-order valence-corrected chi connectivity index (χ3v) is 1.90. The van der Waals surface area contributed by atoms with Gasteiger partial charge in [0.25, 0.3) is 5.78 Å². The minimum absolute atomic E-state index is 0.0222. The van der Waals surface area contributed by atoms with Gasteiger partial charge >= 0.3 is 12.4 Å². The number of benzene rings is 1. The van der Waals surface area contributed by atoms with Crippen LogP contribution in [0.1, 0.15) is 10.4 Å². The monoisotopic (exact) mass is 271 g/mol. The lowest BCUT2D eigenvalue weighted by Gasteiger charge is -2.10. The van der Waals surface area contributed by atoms with Crippen molar-refractivity contribution in [2.45, 2.75) is 12.4 Å². The average Bonchev–Trinajstić information content (AvgIpc) is 2.24. The van der Waals surface area contributed by atoms with Crippen LogP contribution >= 0.6 is 0 Å². The highest BCUT2D eigenvalue weighted by molar-refractivity contribution is 6.00. The Bertz CT molecular complexity index is 419. The molecule has 0 spiro atoms. The normalized spacial score (nSPS) is 12.3. The van der Waals surface area contributed by atoms with Gasteiger partial charge in [0.1, 0.15) is 6.54 Å². The molecular weight excluding hydrogens is 264 g/mol. The van der Waals surface area contributed by atoms with Gasteiger partial charge in [-0.1, -0.05) is 0 Å². The molecule has 0 saturated heterocycles. The maximum absolute atomic E-state index is 12.0. The van der Waals surface area contributed by atoms with E-state index in [0.29, 0.717) is 0 Å². The molecule has 0 aliphatic rings. The van der Waals surface area contributed by atoms with E-state index >= 15 is 0 Å². The summed E-state index contributed by atoms with van der Waals surface area (Å²) in [5.41, 5.74) is -0.647. The summed E-state index contributed by atoms with van der Waals surface area (Å²) in [6.45, 7) is -1.31. The molecule has 0 heterocycles. The number of anilines is 1. The lowest BCUT2D eigenvalue weighted by Crippen LogP contribution is -2.23. The van der Waals surface area contributed by atoms with Crippen LogP contribution in [-0.4, -0.2) is 24.7 Å². The summed E-state index contributed by atoms with van der Waals surface area (Å²) in [5.74, 6) is -2.04. The molecule has 2 nitrogen and oxygen atoms in total. The Morgan fingerprint density at radius 2 is 1.50 bits per heavy atom. The van der Waals surface area contributed by atoms with E-state index in [2.05, 4.69) is 0 Å². The number of hydrogen-bond acceptors (Lipinski definition) is 2. The molecule has 0 aliphatic heterocycles. The standard InChI is InChI=1S/C10H7F6NO/c11-9(12,13)5-17-7-3-1-6(2-4-7)8(18)10(14,15)16/h1-4,17H,5H2. The molecule has 100 valence electrons. The zero-order valence-corrected chi connectivity index (χ0v) is 8.69. The fraction of sp³-hybridized carbons (Fsp3) is 0.300. The molecule has 1 rings (SSSR count). The third kappa shape index (κ3) is 4.27. The highest BCUT2D eigenvalue weighted by Crippen LogP contribution is 2.23. The van der Waals surface area contributed by atoms with Gasteiger partial charge in [-0.25, -0.2) is 0 Å². The van der Waals surface area contributed by atoms with Crippen LogP contribution < -0.4 is 5.32 Å². The molecule has 0 fully saturated rings. The highest BCUT2D eigenvalue weighted by Gasteiger charge is 2.39. The Balaban J connectivity index is 2.72. The largest absolute Gasteiger partial charge is 0.454 e. The predicted molar refractivity (Wildman–Crippen MR) is 51.4 cm³/mol. The molecule has 0 aromatic heterocycles. The first kappa shape index (κ1) is 14.3. The Labute approximate surface area is 97.6 Å². The summed E-state index contributed by atoms with van der Waals surface area (Å²) in [6, 6.07) is 3.58. The van der Waals surface area contributed by atoms with Crippen molar-refractivity contribution in [1.82, 2.24) is 0 Å². The van der Waals surface area contributed by atoms with Crippen LogP contribution in [0.3, 0.4) is 0 Å². The molecular formula is C10H7F6NO. The van der Waals surface area contributed by atoms with Gasteiger partial charge in [-0.05, 0) is 24.3 Å². The molecule has 8 heteroatoms. The van der Waals surface area contributed by atoms with Crippen molar-refractivity contribution in [3.63, 3.8) is 0 Å². The van der Waals surface area contributed by atoms with Crippen LogP contribution in [0.4, 0.5) is 32.0 Å². The Morgan fingerprint density at radius 3 is 1.89 bits per heavy atom. The van der Waals surface area contributed by atoms with Crippen LogP contribution in [0.5, 0.6) is 0 Å². The van der Waals surface area contributed by atoms with Gasteiger partial charge in [0, 0.05) is 11.3 Å². The number of ketones is 1. The van der Waals surface area contributed by atoms with Crippen molar-refractivity contribution in [1.29, 1.82) is 0 Å². The van der Waals surface area contributed by atoms with Gasteiger partial charge in [-0.2, -0.15) is 26.3 Å². The van der Waals surface area contributed by atoms with Gasteiger partial charge in [0.2, 0.25) is 0 Å². The summed E-state index contributed by atoms with van der Waals surface area (Å²) in [7, 11) is 0. The topological polar surface area (TPSA) is 29.1 Å². The summed E-state index contributed by atoms with van der Waals surface area (Å²) in [6.07, 6.45) is -9.43. The van der Waals surface area contributed by atoms with Gasteiger partial charge in [-0.15, -0.1) is 0 Å². The molecule has 1 aromatic carbocycles. The van der Waals surface area contributed by atoms with Crippen LogP contribution in [-0.2, 0) is 0 Å². The number of nitrogens with one attached hydrogen (secondary N) is 1. The maximum Gasteiger partial charge on any atom is 0.454 e. The number of alkyl halides is 6. The SMILES string of the molecule is O=C(c1ccc(NCC(F)(F)F)cc1)C(F)(F)F. The van der Waals surface area contributed by atoms with Crippen molar-refractivity contribution in [2.75, 3.05) is 11.9 Å². The van der Waals surface area contributed by atoms with E-state index in [1.807, 2.05) is 5.32 Å². The molecule has 0 atom stereocenters. The molecule has 0 aliphatic carbocycles. The second-order valence-corrected chi connectivity index (χ2v) is 3.37. The first-order chi connectivity index (χ1) is 8.09. The first-order valence-corrected chi connectivity index (χ1v) is 4.62. The highest BCUT2D eigenvalue weighted by atomic mass is 19.4. The second kappa shape index (κ2) is 4.87. The lowest BCUT2D eigenvalue weighted by atomic mass is 10.1. The number of carbonyl (C=O) groups is 1. The van der Waals surface area contributed by atoms with Crippen molar-refractivity contribution >= 4 is 11.5 Å². The van der Waals surface area contributed by atoms with Crippen molar-refractivity contribution in [2.24, 2.45) is 0 Å². The summed E-state index contributed by atoms with van der Waals surface area (Å²) < 4.78 is 71.6. The lowest BCUT2D eigenvalue weighted by molar-refractivity contribution is -0.115. The summed E-state index contributed by atoms with van der Waals surface area (Å²) in [4.78, 5) is 10.8. The predicted octanol–water partition coefficient (Wildman–Crippen LogP) is 3.41. The van der Waals surface area contributed by atoms with Crippen LogP contribution in [0, 0.1) is 0 Å². The zero-order chi connectivity index (χ0) is 14.0. The number of hydrogen-bond donors (Lipinski definition) is 1. The van der Waals surface area contributed by atoms with Gasteiger partial charge in [-0.3, -0.25) is 4.79 Å². The first-order valence-electron chi connectivity index (χ1n) is 4.62. The Hall–Kier alpha value is -1.73. The maximum atomic E-state index is 12.0. The van der Waals surface area contributed by atoms with E-state index in [1.54, 1.807) is 0 Å². The number of halogens is 6. The number of Topliss-reactive ketones (excluding diaryl/α,β-unsaturated/α-hetero) is 1. The Morgan fingerprint density at radius 1 is 1.00 bits per heavy atom.